The number of alkyl halides is 3. The molecular formula is C19H17F3N2O2. The molecule has 2 rings (SSSR count). The first kappa shape index (κ1) is 19.2. The maximum atomic E-state index is 12.9. The van der Waals surface area contributed by atoms with Crippen LogP contribution < -0.4 is 5.32 Å². The van der Waals surface area contributed by atoms with Gasteiger partial charge in [0.15, 0.2) is 0 Å². The number of halogens is 3. The molecule has 0 radical (unpaired) electrons. The molecule has 0 atom stereocenters. The predicted octanol–water partition coefficient (Wildman–Crippen LogP) is 3.82. The van der Waals surface area contributed by atoms with Crippen LogP contribution in [0.5, 0.6) is 0 Å². The third kappa shape index (κ3) is 5.47. The maximum Gasteiger partial charge on any atom is 0.418 e. The molecule has 0 aromatic heterocycles. The van der Waals surface area contributed by atoms with Crippen molar-refractivity contribution in [1.29, 1.82) is 0 Å². The van der Waals surface area contributed by atoms with Crippen LogP contribution in [-0.2, 0) is 15.8 Å². The zero-order valence-electron chi connectivity index (χ0n) is 14.0. The number of hydrogen-bond acceptors (Lipinski definition) is 2. The smallest absolute Gasteiger partial charge is 0.333 e. The fraction of sp³-hybridized carbons (Fsp3) is 0.158. The van der Waals surface area contributed by atoms with E-state index < -0.39 is 23.6 Å². The lowest BCUT2D eigenvalue weighted by Crippen LogP contribution is -2.34. The van der Waals surface area contributed by atoms with Crippen LogP contribution >= 0.6 is 0 Å². The van der Waals surface area contributed by atoms with E-state index in [4.69, 9.17) is 0 Å². The van der Waals surface area contributed by atoms with Crippen molar-refractivity contribution >= 4 is 23.6 Å². The number of nitrogens with one attached hydrogen (secondary N) is 1. The van der Waals surface area contributed by atoms with E-state index in [1.54, 1.807) is 6.08 Å². The molecule has 0 aliphatic carbocycles. The number of likely N-dealkylation sites (N-methyl/N-ethyl adjacent to an activating group) is 1. The molecule has 1 N–H and O–H groups in total. The Bertz CT molecular complexity index is 802. The zero-order valence-corrected chi connectivity index (χ0v) is 14.0. The molecule has 0 saturated carbocycles. The lowest BCUT2D eigenvalue weighted by molar-refractivity contribution is -0.137. The average molecular weight is 362 g/mol. The van der Waals surface area contributed by atoms with Gasteiger partial charge in [0.25, 0.3) is 0 Å². The highest BCUT2D eigenvalue weighted by atomic mass is 19.4. The summed E-state index contributed by atoms with van der Waals surface area (Å²) < 4.78 is 38.8. The minimum Gasteiger partial charge on any atom is -0.333 e. The second-order valence-corrected chi connectivity index (χ2v) is 5.53. The lowest BCUT2D eigenvalue weighted by atomic mass is 10.1. The van der Waals surface area contributed by atoms with E-state index in [0.717, 1.165) is 22.6 Å². The highest BCUT2D eigenvalue weighted by Crippen LogP contribution is 2.34. The Morgan fingerprint density at radius 1 is 1.04 bits per heavy atom. The Balaban J connectivity index is 1.97. The van der Waals surface area contributed by atoms with Crippen LogP contribution in [0.3, 0.4) is 0 Å². The fourth-order valence-corrected chi connectivity index (χ4v) is 2.18. The summed E-state index contributed by atoms with van der Waals surface area (Å²) in [5, 5.41) is 2.20. The quantitative estimate of drug-likeness (QED) is 0.822. The van der Waals surface area contributed by atoms with Gasteiger partial charge in [-0.25, -0.2) is 0 Å². The highest BCUT2D eigenvalue weighted by Gasteiger charge is 2.33. The molecule has 2 aromatic rings. The van der Waals surface area contributed by atoms with Gasteiger partial charge in [-0.15, -0.1) is 0 Å². The van der Waals surface area contributed by atoms with Crippen LogP contribution in [0.4, 0.5) is 18.9 Å². The van der Waals surface area contributed by atoms with E-state index in [1.165, 1.54) is 25.3 Å². The average Bonchev–Trinajstić information content (AvgIpc) is 2.60. The second kappa shape index (κ2) is 8.33. The van der Waals surface area contributed by atoms with Crippen LogP contribution in [0, 0.1) is 0 Å². The summed E-state index contributed by atoms with van der Waals surface area (Å²) in [7, 11) is 1.40. The van der Waals surface area contributed by atoms with Crippen LogP contribution in [0.1, 0.15) is 11.1 Å². The van der Waals surface area contributed by atoms with Crippen molar-refractivity contribution in [1.82, 2.24) is 4.90 Å². The summed E-state index contributed by atoms with van der Waals surface area (Å²) in [6.07, 6.45) is -1.69. The first-order valence-electron chi connectivity index (χ1n) is 7.71. The molecule has 0 aliphatic rings. The molecule has 0 saturated heterocycles. The third-order valence-electron chi connectivity index (χ3n) is 3.48. The van der Waals surface area contributed by atoms with Gasteiger partial charge in [-0.2, -0.15) is 13.2 Å². The summed E-state index contributed by atoms with van der Waals surface area (Å²) in [5.74, 6) is -1.15. The molecule has 2 aromatic carbocycles. The zero-order chi connectivity index (χ0) is 19.2. The fourth-order valence-electron chi connectivity index (χ4n) is 2.18. The number of anilines is 1. The number of rotatable bonds is 5. The number of nitrogens with zero attached hydrogens (tertiary/aromatic N) is 1. The van der Waals surface area contributed by atoms with Gasteiger partial charge in [0.1, 0.15) is 0 Å². The topological polar surface area (TPSA) is 49.4 Å². The number of carbonyl (C=O) groups is 2. The van der Waals surface area contributed by atoms with Crippen molar-refractivity contribution in [2.75, 3.05) is 18.9 Å². The van der Waals surface area contributed by atoms with Gasteiger partial charge in [-0.05, 0) is 23.8 Å². The van der Waals surface area contributed by atoms with Crippen LogP contribution in [-0.4, -0.2) is 30.3 Å². The van der Waals surface area contributed by atoms with Gasteiger partial charge in [-0.1, -0.05) is 42.5 Å². The largest absolute Gasteiger partial charge is 0.418 e. The van der Waals surface area contributed by atoms with E-state index in [-0.39, 0.29) is 12.2 Å². The Labute approximate surface area is 148 Å². The minimum atomic E-state index is -4.58. The number of amides is 2. The van der Waals surface area contributed by atoms with E-state index in [2.05, 4.69) is 5.32 Å². The third-order valence-corrected chi connectivity index (χ3v) is 3.48. The van der Waals surface area contributed by atoms with Crippen molar-refractivity contribution in [3.8, 4) is 0 Å². The van der Waals surface area contributed by atoms with Gasteiger partial charge in [0, 0.05) is 13.1 Å². The standard InChI is InChI=1S/C19H17F3N2O2/c1-24(18(26)12-11-14-7-3-2-4-8-14)13-17(25)23-16-10-6-5-9-15(16)19(20,21)22/h2-12H,13H2,1H3,(H,23,25)/b12-11+. The summed E-state index contributed by atoms with van der Waals surface area (Å²) in [6.45, 7) is -0.371. The molecule has 0 fully saturated rings. The molecule has 0 aliphatic heterocycles. The summed E-state index contributed by atoms with van der Waals surface area (Å²) in [6, 6.07) is 13.8. The predicted molar refractivity (Wildman–Crippen MR) is 93.2 cm³/mol. The molecule has 7 heteroatoms. The van der Waals surface area contributed by atoms with Crippen molar-refractivity contribution in [2.24, 2.45) is 0 Å². The maximum absolute atomic E-state index is 12.9. The van der Waals surface area contributed by atoms with Gasteiger partial charge >= 0.3 is 6.18 Å². The molecule has 2 amide bonds. The number of para-hydroxylation sites is 1. The SMILES string of the molecule is CN(CC(=O)Nc1ccccc1C(F)(F)F)C(=O)/C=C/c1ccccc1. The molecular weight excluding hydrogens is 345 g/mol. The monoisotopic (exact) mass is 362 g/mol. The minimum absolute atomic E-state index is 0.342. The number of hydrogen-bond donors (Lipinski definition) is 1. The second-order valence-electron chi connectivity index (χ2n) is 5.53. The van der Waals surface area contributed by atoms with Crippen LogP contribution in [0.2, 0.25) is 0 Å². The molecule has 26 heavy (non-hydrogen) atoms. The van der Waals surface area contributed by atoms with Crippen LogP contribution in [0.15, 0.2) is 60.7 Å². The molecule has 0 spiro atoms. The first-order valence-corrected chi connectivity index (χ1v) is 7.71. The first-order chi connectivity index (χ1) is 12.3. The van der Waals surface area contributed by atoms with E-state index in [0.29, 0.717) is 0 Å². The van der Waals surface area contributed by atoms with Crippen molar-refractivity contribution in [3.63, 3.8) is 0 Å². The van der Waals surface area contributed by atoms with Crippen molar-refractivity contribution in [2.45, 2.75) is 6.18 Å². The number of benzene rings is 2. The summed E-state index contributed by atoms with van der Waals surface area (Å²) in [4.78, 5) is 25.1. The number of carbonyl (C=O) groups excluding carboxylic acids is 2. The highest BCUT2D eigenvalue weighted by molar-refractivity contribution is 5.98. The van der Waals surface area contributed by atoms with Crippen molar-refractivity contribution < 1.29 is 22.8 Å². The molecule has 136 valence electrons. The van der Waals surface area contributed by atoms with E-state index in [1.807, 2.05) is 30.3 Å². The summed E-state index contributed by atoms with van der Waals surface area (Å²) >= 11 is 0. The van der Waals surface area contributed by atoms with Gasteiger partial charge in [0.05, 0.1) is 17.8 Å². The Hall–Kier alpha value is -3.09. The van der Waals surface area contributed by atoms with E-state index >= 15 is 0 Å². The Morgan fingerprint density at radius 3 is 2.31 bits per heavy atom. The molecule has 0 heterocycles. The molecule has 4 nitrogen and oxygen atoms in total. The molecule has 0 bridgehead atoms. The van der Waals surface area contributed by atoms with Crippen LogP contribution in [0.25, 0.3) is 6.08 Å². The Morgan fingerprint density at radius 2 is 1.65 bits per heavy atom. The van der Waals surface area contributed by atoms with Gasteiger partial charge < -0.3 is 10.2 Å². The van der Waals surface area contributed by atoms with Gasteiger partial charge in [-0.3, -0.25) is 9.59 Å². The normalized spacial score (nSPS) is 11.4. The van der Waals surface area contributed by atoms with E-state index in [9.17, 15) is 22.8 Å². The van der Waals surface area contributed by atoms with Crippen molar-refractivity contribution in [3.05, 3.63) is 71.8 Å². The summed E-state index contributed by atoms with van der Waals surface area (Å²) in [5.41, 5.74) is -0.463. The molecule has 0 unspecified atom stereocenters. The Kier molecular flexibility index (Phi) is 6.16. The van der Waals surface area contributed by atoms with Gasteiger partial charge in [0.2, 0.25) is 11.8 Å². The lowest BCUT2D eigenvalue weighted by Gasteiger charge is -2.17.